The van der Waals surface area contributed by atoms with Crippen LogP contribution in [0.3, 0.4) is 0 Å². The van der Waals surface area contributed by atoms with Crippen LogP contribution in [-0.4, -0.2) is 136 Å². The summed E-state index contributed by atoms with van der Waals surface area (Å²) < 4.78 is 16.9. The Hall–Kier alpha value is -11.2. The van der Waals surface area contributed by atoms with E-state index in [-0.39, 0.29) is 17.6 Å². The molecule has 4 amide bonds. The van der Waals surface area contributed by atoms with E-state index >= 15 is 0 Å². The van der Waals surface area contributed by atoms with E-state index in [1.807, 2.05) is 29.2 Å². The van der Waals surface area contributed by atoms with Crippen LogP contribution in [0.25, 0.3) is 33.1 Å². The Bertz CT molecular complexity index is 4230. The molecule has 10 aromatic rings. The van der Waals surface area contributed by atoms with Gasteiger partial charge in [-0.3, -0.25) is 10.2 Å². The summed E-state index contributed by atoms with van der Waals surface area (Å²) in [5.74, 6) is -0.988. The van der Waals surface area contributed by atoms with Crippen molar-refractivity contribution in [2.24, 2.45) is 4.99 Å². The fraction of sp³-hybridized carbons (Fsp3) is 0.238. The molecule has 13 rings (SSSR count). The molecule has 3 aliphatic heterocycles. The van der Waals surface area contributed by atoms with Crippen molar-refractivity contribution in [1.29, 1.82) is 0 Å². The number of carbonyl (C=O) groups excluding carboxylic acids is 5. The van der Waals surface area contributed by atoms with E-state index in [4.69, 9.17) is 19.3 Å². The molecule has 448 valence electrons. The number of aliphatic imine (C=N–C) groups is 1. The average Bonchev–Trinajstić information content (AvgIpc) is 3.57. The quantitative estimate of drug-likeness (QED) is 0.0400. The van der Waals surface area contributed by atoms with Gasteiger partial charge in [0.15, 0.2) is 16.9 Å². The van der Waals surface area contributed by atoms with Gasteiger partial charge in [0.1, 0.15) is 5.75 Å². The lowest BCUT2D eigenvalue weighted by Gasteiger charge is -2.29. The van der Waals surface area contributed by atoms with Gasteiger partial charge in [0.25, 0.3) is 0 Å². The number of nitrogens with one attached hydrogen (secondary N) is 5. The van der Waals surface area contributed by atoms with E-state index in [9.17, 15) is 28.8 Å². The van der Waals surface area contributed by atoms with Crippen molar-refractivity contribution in [1.82, 2.24) is 60.2 Å². The minimum atomic E-state index is -1.03. The number of hydrogen-bond donors (Lipinski definition) is 6. The number of carboxylic acids is 1. The summed E-state index contributed by atoms with van der Waals surface area (Å²) in [6.45, 7) is 8.86. The number of pyridine rings is 3. The van der Waals surface area contributed by atoms with Crippen LogP contribution >= 0.6 is 0 Å². The van der Waals surface area contributed by atoms with Gasteiger partial charge in [0.05, 0.1) is 67.8 Å². The molecule has 6 aromatic heterocycles. The van der Waals surface area contributed by atoms with E-state index in [1.54, 1.807) is 110 Å². The molecular formula is C63H61N15O10. The summed E-state index contributed by atoms with van der Waals surface area (Å²) in [4.78, 5) is 89.3. The maximum absolute atomic E-state index is 12.7. The van der Waals surface area contributed by atoms with Gasteiger partial charge in [-0.1, -0.05) is 30.3 Å². The second kappa shape index (κ2) is 28.1. The van der Waals surface area contributed by atoms with Gasteiger partial charge in [-0.05, 0) is 145 Å². The number of aromatic carboxylic acids is 1. The Kier molecular flexibility index (Phi) is 19.2. The molecule has 0 aliphatic carbocycles. The number of hydrogen-bond acceptors (Lipinski definition) is 17. The molecule has 0 atom stereocenters. The highest BCUT2D eigenvalue weighted by atomic mass is 16.5. The zero-order valence-electron chi connectivity index (χ0n) is 48.3. The summed E-state index contributed by atoms with van der Waals surface area (Å²) in [6, 6.07) is 26.8. The first-order valence-electron chi connectivity index (χ1n) is 28.2. The van der Waals surface area contributed by atoms with Gasteiger partial charge in [0, 0.05) is 78.8 Å². The molecule has 0 saturated heterocycles. The molecule has 0 bridgehead atoms. The van der Waals surface area contributed by atoms with Crippen LogP contribution in [0.2, 0.25) is 0 Å². The highest BCUT2D eigenvalue weighted by molar-refractivity contribution is 5.95. The monoisotopic (exact) mass is 1190 g/mol. The number of methoxy groups -OCH3 is 1. The summed E-state index contributed by atoms with van der Waals surface area (Å²) in [6.07, 6.45) is 14.9. The molecule has 9 heterocycles. The van der Waals surface area contributed by atoms with Crippen LogP contribution in [0.4, 0.5) is 26.7 Å². The Morgan fingerprint density at radius 1 is 0.636 bits per heavy atom. The number of benzene rings is 4. The van der Waals surface area contributed by atoms with Crippen LogP contribution in [0.1, 0.15) is 83.9 Å². The second-order valence-electron chi connectivity index (χ2n) is 20.2. The molecular weight excluding hydrogens is 1130 g/mol. The SMILES string of the molecule is CCOC(=O)c1cccc(N=C=O)c1.CCOC(=O)c1cccc(NC(=O)N2CCc3c(cnc4[nH]ncc34)C2)c1.COc1ccc(Cn2ncc3c4c(cnc32)CNCC4)cc1.O=C(O)c1cccc(NC(=O)N2CCc3c(cnc4[nH]ncc34)C2)c1. The van der Waals surface area contributed by atoms with Crippen LogP contribution < -0.4 is 20.7 Å². The number of H-pyrrole nitrogens is 2. The van der Waals surface area contributed by atoms with Crippen LogP contribution in [0.15, 0.2) is 139 Å². The molecule has 0 spiro atoms. The van der Waals surface area contributed by atoms with Gasteiger partial charge >= 0.3 is 30.0 Å². The highest BCUT2D eigenvalue weighted by Crippen LogP contribution is 2.28. The van der Waals surface area contributed by atoms with Crippen molar-refractivity contribution in [3.05, 3.63) is 190 Å². The van der Waals surface area contributed by atoms with Gasteiger partial charge < -0.3 is 45.1 Å². The maximum atomic E-state index is 12.7. The maximum Gasteiger partial charge on any atom is 0.338 e. The van der Waals surface area contributed by atoms with Crippen molar-refractivity contribution in [2.45, 2.75) is 59.3 Å². The number of urea groups is 2. The predicted molar refractivity (Wildman–Crippen MR) is 325 cm³/mol. The molecule has 3 aliphatic rings. The third kappa shape index (κ3) is 14.3. The summed E-state index contributed by atoms with van der Waals surface area (Å²) in [5, 5.41) is 39.5. The number of fused-ring (bicyclic) bond motifs is 9. The Morgan fingerprint density at radius 3 is 1.75 bits per heavy atom. The lowest BCUT2D eigenvalue weighted by Crippen LogP contribution is -2.39. The smallest absolute Gasteiger partial charge is 0.338 e. The molecule has 0 radical (unpaired) electrons. The Labute approximate surface area is 503 Å². The Balaban J connectivity index is 0.000000133. The number of aromatic amines is 2. The van der Waals surface area contributed by atoms with Crippen LogP contribution in [0.5, 0.6) is 5.75 Å². The zero-order chi connectivity index (χ0) is 61.5. The van der Waals surface area contributed by atoms with Crippen molar-refractivity contribution in [3.63, 3.8) is 0 Å². The molecule has 6 N–H and O–H groups in total. The first kappa shape index (κ1) is 60.0. The number of rotatable bonds is 11. The minimum Gasteiger partial charge on any atom is -0.497 e. The fourth-order valence-corrected chi connectivity index (χ4v) is 10.3. The summed E-state index contributed by atoms with van der Waals surface area (Å²) in [5.41, 5.74) is 13.0. The number of anilines is 2. The second-order valence-corrected chi connectivity index (χ2v) is 20.2. The standard InChI is InChI=1S/C19H19N5O3.C17H15N5O3.C17H18N4O.C10H9NO3/c1-2-27-18(25)12-4-3-5-14(8-12)22-19(26)24-7-6-15-13(11-24)9-20-17-16(15)10-21-23-17;23-16(24)10-2-1-3-12(6-10)20-17(25)22-5-4-13-11(9-22)7-18-15-14(13)8-19-21-15;1-22-14-4-2-12(3-5-14)11-21-17-16(10-20-21)15-6-7-18-8-13(15)9-19-17;1-2-14-10(13)8-4-3-5-9(6-8)11-7-12/h3-5,8-10H,2,6-7,11H2,1H3,(H,22,26)(H,20,21,23);1-3,6-8H,4-5,9H2,(H,20,25)(H,23,24)(H,18,19,21);2-5,9-10,18H,6-8,11H2,1H3;3-6H,2H2,1H3. The van der Waals surface area contributed by atoms with Crippen molar-refractivity contribution in [2.75, 3.05) is 50.6 Å². The molecule has 0 fully saturated rings. The molecule has 88 heavy (non-hydrogen) atoms. The Morgan fingerprint density at radius 2 is 1.18 bits per heavy atom. The van der Waals surface area contributed by atoms with E-state index in [0.717, 1.165) is 89.1 Å². The molecule has 4 aromatic carbocycles. The summed E-state index contributed by atoms with van der Waals surface area (Å²) >= 11 is 0. The highest BCUT2D eigenvalue weighted by Gasteiger charge is 2.26. The van der Waals surface area contributed by atoms with Crippen molar-refractivity contribution < 1.29 is 48.1 Å². The van der Waals surface area contributed by atoms with Gasteiger partial charge in [-0.25, -0.2) is 48.4 Å². The number of esters is 2. The fourth-order valence-electron chi connectivity index (χ4n) is 10.3. The van der Waals surface area contributed by atoms with Crippen LogP contribution in [0, 0.1) is 0 Å². The van der Waals surface area contributed by atoms with Gasteiger partial charge in [-0.2, -0.15) is 20.3 Å². The molecule has 25 nitrogen and oxygen atoms in total. The average molecular weight is 1190 g/mol. The predicted octanol–water partition coefficient (Wildman–Crippen LogP) is 8.94. The van der Waals surface area contributed by atoms with E-state index in [0.29, 0.717) is 67.6 Å². The lowest BCUT2D eigenvalue weighted by molar-refractivity contribution is 0.0517. The molecule has 25 heteroatoms. The number of nitrogens with zero attached hydrogens (tertiary/aromatic N) is 10. The lowest BCUT2D eigenvalue weighted by atomic mass is 9.99. The molecule has 0 unspecified atom stereocenters. The zero-order valence-corrected chi connectivity index (χ0v) is 48.3. The summed E-state index contributed by atoms with van der Waals surface area (Å²) in [7, 11) is 1.68. The first-order valence-corrected chi connectivity index (χ1v) is 28.2. The normalized spacial score (nSPS) is 12.9. The van der Waals surface area contributed by atoms with Crippen molar-refractivity contribution >= 4 is 86.2 Å². The molecule has 0 saturated carbocycles. The van der Waals surface area contributed by atoms with E-state index in [1.165, 1.54) is 51.9 Å². The van der Waals surface area contributed by atoms with Crippen molar-refractivity contribution in [3.8, 4) is 5.75 Å². The number of ether oxygens (including phenoxy) is 3. The minimum absolute atomic E-state index is 0.133. The number of isocyanates is 1. The topological polar surface area (TPSA) is 319 Å². The first-order chi connectivity index (χ1) is 42.9. The van der Waals surface area contributed by atoms with Crippen LogP contribution in [-0.2, 0) is 59.7 Å². The van der Waals surface area contributed by atoms with Gasteiger partial charge in [-0.15, -0.1) is 0 Å². The number of amides is 4. The number of aromatic nitrogens is 9. The largest absolute Gasteiger partial charge is 0.497 e. The third-order valence-corrected chi connectivity index (χ3v) is 14.7. The van der Waals surface area contributed by atoms with Gasteiger partial charge in [0.2, 0.25) is 6.08 Å². The number of carboxylic acid groups (broad SMARTS) is 1. The van der Waals surface area contributed by atoms with E-state index in [2.05, 4.69) is 73.5 Å². The third-order valence-electron chi connectivity index (χ3n) is 14.7. The number of carbonyl (C=O) groups is 5. The van der Waals surface area contributed by atoms with E-state index < -0.39 is 17.9 Å².